The summed E-state index contributed by atoms with van der Waals surface area (Å²) in [5, 5.41) is 33.9. The maximum atomic E-state index is 11.0. The summed E-state index contributed by atoms with van der Waals surface area (Å²) in [4.78, 5) is 0. The SMILES string of the molecule is [O-]N1CCC(OCC(O)COC2CCN([O-])CC2)CC1. The van der Waals surface area contributed by atoms with E-state index in [9.17, 15) is 15.5 Å². The van der Waals surface area contributed by atoms with E-state index in [0.717, 1.165) is 35.8 Å². The van der Waals surface area contributed by atoms with Crippen LogP contribution in [-0.4, -0.2) is 72.9 Å². The number of rotatable bonds is 6. The highest BCUT2D eigenvalue weighted by molar-refractivity contribution is 4.74. The second-order valence-corrected chi connectivity index (χ2v) is 5.58. The van der Waals surface area contributed by atoms with Crippen molar-refractivity contribution in [1.29, 1.82) is 0 Å². The Bertz CT molecular complexity index is 239. The van der Waals surface area contributed by atoms with Gasteiger partial charge < -0.3 is 35.1 Å². The van der Waals surface area contributed by atoms with Crippen molar-refractivity contribution in [2.24, 2.45) is 0 Å². The van der Waals surface area contributed by atoms with Gasteiger partial charge in [-0.15, -0.1) is 0 Å². The average molecular weight is 288 g/mol. The average Bonchev–Trinajstić information content (AvgIpc) is 2.46. The fourth-order valence-electron chi connectivity index (χ4n) is 2.54. The van der Waals surface area contributed by atoms with Crippen LogP contribution in [0.4, 0.5) is 0 Å². The highest BCUT2D eigenvalue weighted by atomic mass is 16.5. The van der Waals surface area contributed by atoms with Crippen molar-refractivity contribution < 1.29 is 14.6 Å². The first kappa shape index (κ1) is 16.1. The molecule has 2 saturated heterocycles. The van der Waals surface area contributed by atoms with Crippen molar-refractivity contribution >= 4 is 0 Å². The monoisotopic (exact) mass is 288 g/mol. The molecule has 0 aromatic carbocycles. The Morgan fingerprint density at radius 1 is 0.850 bits per heavy atom. The molecule has 0 radical (unpaired) electrons. The number of ether oxygens (including phenoxy) is 2. The molecule has 1 N–H and O–H groups in total. The van der Waals surface area contributed by atoms with Crippen molar-refractivity contribution in [3.63, 3.8) is 0 Å². The third kappa shape index (κ3) is 5.61. The maximum absolute atomic E-state index is 11.0. The van der Waals surface area contributed by atoms with E-state index in [4.69, 9.17) is 9.47 Å². The minimum absolute atomic E-state index is 0.0681. The summed E-state index contributed by atoms with van der Waals surface area (Å²) in [5.74, 6) is 0. The molecule has 2 rings (SSSR count). The number of hydrogen-bond donors (Lipinski definition) is 1. The van der Waals surface area contributed by atoms with Gasteiger partial charge in [0.2, 0.25) is 0 Å². The number of aliphatic hydroxyl groups excluding tert-OH is 1. The van der Waals surface area contributed by atoms with E-state index in [2.05, 4.69) is 0 Å². The molecule has 0 saturated carbocycles. The van der Waals surface area contributed by atoms with E-state index in [0.29, 0.717) is 26.2 Å². The molecule has 2 heterocycles. The van der Waals surface area contributed by atoms with E-state index >= 15 is 0 Å². The van der Waals surface area contributed by atoms with Crippen LogP contribution in [0.25, 0.3) is 0 Å². The van der Waals surface area contributed by atoms with E-state index < -0.39 is 6.10 Å². The third-order valence-corrected chi connectivity index (χ3v) is 3.85. The predicted octanol–water partition coefficient (Wildman–Crippen LogP) is 0.305. The Kier molecular flexibility index (Phi) is 6.63. The van der Waals surface area contributed by atoms with E-state index in [1.54, 1.807) is 0 Å². The molecular weight excluding hydrogens is 264 g/mol. The molecule has 2 aliphatic heterocycles. The smallest absolute Gasteiger partial charge is 0.101 e. The van der Waals surface area contributed by atoms with Gasteiger partial charge in [0.1, 0.15) is 6.10 Å². The van der Waals surface area contributed by atoms with Gasteiger partial charge in [-0.1, -0.05) is 0 Å². The van der Waals surface area contributed by atoms with Crippen LogP contribution in [0.3, 0.4) is 0 Å². The highest BCUT2D eigenvalue weighted by Crippen LogP contribution is 2.14. The fraction of sp³-hybridized carbons (Fsp3) is 1.00. The van der Waals surface area contributed by atoms with Crippen LogP contribution >= 0.6 is 0 Å². The van der Waals surface area contributed by atoms with Crippen LogP contribution in [0.1, 0.15) is 25.7 Å². The molecule has 0 aromatic heterocycles. The Hall–Kier alpha value is -0.280. The Balaban J connectivity index is 1.53. The number of aliphatic hydroxyl groups is 1. The fourth-order valence-corrected chi connectivity index (χ4v) is 2.54. The van der Waals surface area contributed by atoms with Gasteiger partial charge >= 0.3 is 0 Å². The summed E-state index contributed by atoms with van der Waals surface area (Å²) in [7, 11) is 0. The molecule has 118 valence electrons. The molecule has 0 bridgehead atoms. The maximum Gasteiger partial charge on any atom is 0.101 e. The topological polar surface area (TPSA) is 91.3 Å². The van der Waals surface area contributed by atoms with Gasteiger partial charge in [-0.2, -0.15) is 0 Å². The molecule has 0 atom stereocenters. The summed E-state index contributed by atoms with van der Waals surface area (Å²) < 4.78 is 11.2. The molecule has 7 nitrogen and oxygen atoms in total. The number of hydrogen-bond acceptors (Lipinski definition) is 7. The lowest BCUT2D eigenvalue weighted by molar-refractivity contribution is -0.0775. The van der Waals surface area contributed by atoms with Gasteiger partial charge in [0.15, 0.2) is 0 Å². The molecular formula is C13H24N2O5-2. The highest BCUT2D eigenvalue weighted by Gasteiger charge is 2.19. The van der Waals surface area contributed by atoms with Crippen LogP contribution in [-0.2, 0) is 9.47 Å². The second kappa shape index (κ2) is 8.23. The summed E-state index contributed by atoms with van der Waals surface area (Å²) >= 11 is 0. The number of piperidine rings is 2. The van der Waals surface area contributed by atoms with Crippen LogP contribution in [0, 0.1) is 10.4 Å². The molecule has 0 aromatic rings. The van der Waals surface area contributed by atoms with E-state index in [1.807, 2.05) is 0 Å². The summed E-state index contributed by atoms with van der Waals surface area (Å²) in [5.41, 5.74) is 0. The minimum Gasteiger partial charge on any atom is -0.785 e. The molecule has 7 heteroatoms. The molecule has 20 heavy (non-hydrogen) atoms. The zero-order valence-corrected chi connectivity index (χ0v) is 11.8. The van der Waals surface area contributed by atoms with Gasteiger partial charge in [-0.25, -0.2) is 0 Å². The van der Waals surface area contributed by atoms with Gasteiger partial charge in [0.25, 0.3) is 0 Å². The molecule has 2 fully saturated rings. The summed E-state index contributed by atoms with van der Waals surface area (Å²) in [6.45, 7) is 2.50. The van der Waals surface area contributed by atoms with Crippen LogP contribution in [0.2, 0.25) is 0 Å². The number of nitrogens with zero attached hydrogens (tertiary/aromatic N) is 2. The first-order chi connectivity index (χ1) is 9.63. The summed E-state index contributed by atoms with van der Waals surface area (Å²) in [6.07, 6.45) is 2.37. The summed E-state index contributed by atoms with van der Waals surface area (Å²) in [6, 6.07) is 0. The lowest BCUT2D eigenvalue weighted by atomic mass is 10.1. The van der Waals surface area contributed by atoms with Crippen LogP contribution in [0.15, 0.2) is 0 Å². The van der Waals surface area contributed by atoms with Crippen molar-refractivity contribution in [2.75, 3.05) is 39.4 Å². The second-order valence-electron chi connectivity index (χ2n) is 5.58. The van der Waals surface area contributed by atoms with Crippen molar-refractivity contribution in [3.8, 4) is 0 Å². The van der Waals surface area contributed by atoms with E-state index in [1.165, 1.54) is 0 Å². The largest absolute Gasteiger partial charge is 0.785 e. The van der Waals surface area contributed by atoms with Gasteiger partial charge in [0.05, 0.1) is 25.4 Å². The zero-order chi connectivity index (χ0) is 14.4. The van der Waals surface area contributed by atoms with Crippen LogP contribution in [0.5, 0.6) is 0 Å². The van der Waals surface area contributed by atoms with Crippen molar-refractivity contribution in [2.45, 2.75) is 44.0 Å². The van der Waals surface area contributed by atoms with Crippen molar-refractivity contribution in [3.05, 3.63) is 10.4 Å². The molecule has 0 spiro atoms. The molecule has 0 unspecified atom stereocenters. The number of hydroxylamine groups is 4. The molecule has 0 amide bonds. The molecule has 2 aliphatic rings. The minimum atomic E-state index is -0.648. The first-order valence-electron chi connectivity index (χ1n) is 7.39. The van der Waals surface area contributed by atoms with Crippen molar-refractivity contribution in [1.82, 2.24) is 10.1 Å². The quantitative estimate of drug-likeness (QED) is 0.751. The van der Waals surface area contributed by atoms with Gasteiger partial charge in [-0.3, -0.25) is 0 Å². The lowest BCUT2D eigenvalue weighted by Gasteiger charge is -2.37. The normalized spacial score (nSPS) is 24.6. The predicted molar refractivity (Wildman–Crippen MR) is 73.8 cm³/mol. The lowest BCUT2D eigenvalue weighted by Crippen LogP contribution is -2.37. The standard InChI is InChI=1S/C13H24N2O5/c16-11(9-19-12-1-5-14(17)6-2-12)10-20-13-3-7-15(18)8-4-13/h11-13,16H,1-10H2/q-2. The van der Waals surface area contributed by atoms with E-state index in [-0.39, 0.29) is 25.4 Å². The zero-order valence-electron chi connectivity index (χ0n) is 11.8. The first-order valence-corrected chi connectivity index (χ1v) is 7.39. The van der Waals surface area contributed by atoms with Gasteiger partial charge in [0, 0.05) is 0 Å². The Morgan fingerprint density at radius 3 is 1.55 bits per heavy atom. The Labute approximate surface area is 119 Å². The van der Waals surface area contributed by atoms with Gasteiger partial charge in [-0.05, 0) is 51.9 Å². The Morgan fingerprint density at radius 2 is 1.20 bits per heavy atom. The van der Waals surface area contributed by atoms with Crippen LogP contribution < -0.4 is 0 Å². The molecule has 0 aliphatic carbocycles. The third-order valence-electron chi connectivity index (χ3n) is 3.85.